The third kappa shape index (κ3) is 3.12. The van der Waals surface area contributed by atoms with Gasteiger partial charge < -0.3 is 5.73 Å². The van der Waals surface area contributed by atoms with Gasteiger partial charge in [-0.3, -0.25) is 10.1 Å². The molecule has 0 aliphatic carbocycles. The lowest BCUT2D eigenvalue weighted by molar-refractivity contribution is 0.102. The topological polar surface area (TPSA) is 68.0 Å². The minimum absolute atomic E-state index is 0.174. The zero-order valence-corrected chi connectivity index (χ0v) is 12.1. The normalized spacial score (nSPS) is 10.5. The molecule has 0 atom stereocenters. The Morgan fingerprint density at radius 2 is 2.11 bits per heavy atom. The molecule has 5 heteroatoms. The maximum Gasteiger partial charge on any atom is 0.257 e. The van der Waals surface area contributed by atoms with E-state index in [0.717, 1.165) is 22.6 Å². The molecule has 0 bridgehead atoms. The first kappa shape index (κ1) is 13.5. The van der Waals surface area contributed by atoms with Crippen LogP contribution in [0.3, 0.4) is 0 Å². The number of nitrogens with two attached hydrogens (primary N) is 1. The first-order valence-electron chi connectivity index (χ1n) is 6.14. The van der Waals surface area contributed by atoms with Gasteiger partial charge in [-0.05, 0) is 44.0 Å². The van der Waals surface area contributed by atoms with Crippen molar-refractivity contribution < 1.29 is 4.79 Å². The van der Waals surface area contributed by atoms with Crippen LogP contribution in [0.2, 0.25) is 0 Å². The molecule has 0 radical (unpaired) electrons. The molecule has 0 fully saturated rings. The quantitative estimate of drug-likeness (QED) is 0.845. The second-order valence-electron chi connectivity index (χ2n) is 4.46. The zero-order valence-electron chi connectivity index (χ0n) is 11.3. The Kier molecular flexibility index (Phi) is 3.85. The van der Waals surface area contributed by atoms with Crippen LogP contribution in [0.1, 0.15) is 33.4 Å². The molecule has 4 nitrogen and oxygen atoms in total. The number of carbonyl (C=O) groups is 1. The lowest BCUT2D eigenvalue weighted by Crippen LogP contribution is -2.12. The molecule has 2 rings (SSSR count). The Morgan fingerprint density at radius 3 is 2.68 bits per heavy atom. The zero-order chi connectivity index (χ0) is 14.0. The van der Waals surface area contributed by atoms with E-state index in [1.54, 1.807) is 6.07 Å². The highest BCUT2D eigenvalue weighted by atomic mass is 32.1. The fraction of sp³-hybridized carbons (Fsp3) is 0.286. The predicted octanol–water partition coefficient (Wildman–Crippen LogP) is 3.16. The summed E-state index contributed by atoms with van der Waals surface area (Å²) < 4.78 is 0. The van der Waals surface area contributed by atoms with Gasteiger partial charge in [0.05, 0.1) is 5.69 Å². The molecule has 1 amide bonds. The van der Waals surface area contributed by atoms with Crippen molar-refractivity contribution in [1.82, 2.24) is 4.98 Å². The Hall–Kier alpha value is -1.88. The number of aromatic nitrogens is 1. The van der Waals surface area contributed by atoms with Gasteiger partial charge in [0.1, 0.15) is 0 Å². The number of anilines is 2. The van der Waals surface area contributed by atoms with Crippen LogP contribution in [0.15, 0.2) is 18.2 Å². The summed E-state index contributed by atoms with van der Waals surface area (Å²) in [6.07, 6.45) is 0.871. The van der Waals surface area contributed by atoms with Crippen molar-refractivity contribution in [2.45, 2.75) is 27.2 Å². The molecule has 0 unspecified atom stereocenters. The molecular formula is C14H17N3OS. The number of hydrogen-bond donors (Lipinski definition) is 2. The lowest BCUT2D eigenvalue weighted by atomic mass is 10.1. The molecule has 0 saturated carbocycles. The molecule has 1 heterocycles. The van der Waals surface area contributed by atoms with E-state index >= 15 is 0 Å². The van der Waals surface area contributed by atoms with E-state index in [1.807, 2.05) is 26.0 Å². The Labute approximate surface area is 116 Å². The molecule has 2 aromatic rings. The third-order valence-electron chi connectivity index (χ3n) is 2.81. The number of nitrogen functional groups attached to an aromatic ring is 1. The monoisotopic (exact) mass is 275 g/mol. The number of carbonyl (C=O) groups excluding carboxylic acids is 1. The van der Waals surface area contributed by atoms with Crippen molar-refractivity contribution in [2.75, 3.05) is 11.1 Å². The number of nitrogens with one attached hydrogen (secondary N) is 1. The van der Waals surface area contributed by atoms with Gasteiger partial charge in [0.15, 0.2) is 5.13 Å². The van der Waals surface area contributed by atoms with Crippen LogP contribution in [-0.2, 0) is 6.42 Å². The number of hydrogen-bond acceptors (Lipinski definition) is 4. The van der Waals surface area contributed by atoms with Gasteiger partial charge in [-0.2, -0.15) is 0 Å². The van der Waals surface area contributed by atoms with E-state index in [9.17, 15) is 4.79 Å². The molecule has 0 saturated heterocycles. The highest BCUT2D eigenvalue weighted by molar-refractivity contribution is 7.15. The molecule has 0 aliphatic rings. The van der Waals surface area contributed by atoms with Crippen molar-refractivity contribution in [3.63, 3.8) is 0 Å². The van der Waals surface area contributed by atoms with Gasteiger partial charge >= 0.3 is 0 Å². The maximum atomic E-state index is 12.1. The van der Waals surface area contributed by atoms with Gasteiger partial charge in [0.2, 0.25) is 0 Å². The average molecular weight is 275 g/mol. The van der Waals surface area contributed by atoms with E-state index in [2.05, 4.69) is 17.2 Å². The fourth-order valence-electron chi connectivity index (χ4n) is 1.92. The highest BCUT2D eigenvalue weighted by Crippen LogP contribution is 2.23. The van der Waals surface area contributed by atoms with Crippen LogP contribution < -0.4 is 11.1 Å². The van der Waals surface area contributed by atoms with E-state index in [4.69, 9.17) is 5.73 Å². The molecule has 0 aliphatic heterocycles. The van der Waals surface area contributed by atoms with E-state index in [-0.39, 0.29) is 5.91 Å². The second kappa shape index (κ2) is 5.40. The summed E-state index contributed by atoms with van der Waals surface area (Å²) in [6.45, 7) is 5.97. The molecule has 100 valence electrons. The first-order chi connectivity index (χ1) is 8.99. The molecule has 3 N–H and O–H groups in total. The number of thiazole rings is 1. The maximum absolute atomic E-state index is 12.1. The highest BCUT2D eigenvalue weighted by Gasteiger charge is 2.11. The smallest absolute Gasteiger partial charge is 0.257 e. The van der Waals surface area contributed by atoms with Gasteiger partial charge in [0.25, 0.3) is 5.91 Å². The summed E-state index contributed by atoms with van der Waals surface area (Å²) >= 11 is 1.50. The summed E-state index contributed by atoms with van der Waals surface area (Å²) in [6, 6.07) is 5.32. The summed E-state index contributed by atoms with van der Waals surface area (Å²) in [5.74, 6) is -0.174. The molecular weight excluding hydrogens is 258 g/mol. The van der Waals surface area contributed by atoms with Crippen LogP contribution in [0, 0.1) is 13.8 Å². The summed E-state index contributed by atoms with van der Waals surface area (Å²) in [5, 5.41) is 3.46. The number of rotatable bonds is 3. The number of amides is 1. The summed E-state index contributed by atoms with van der Waals surface area (Å²) in [4.78, 5) is 17.7. The summed E-state index contributed by atoms with van der Waals surface area (Å²) in [5.41, 5.74) is 8.90. The SMILES string of the molecule is CCc1nc(NC(=O)c2cc(C)cc(N)c2)sc1C. The lowest BCUT2D eigenvalue weighted by Gasteiger charge is -2.04. The Balaban J connectivity index is 2.20. The number of nitrogens with zero attached hydrogens (tertiary/aromatic N) is 1. The van der Waals surface area contributed by atoms with E-state index in [0.29, 0.717) is 16.4 Å². The first-order valence-corrected chi connectivity index (χ1v) is 6.96. The van der Waals surface area contributed by atoms with E-state index in [1.165, 1.54) is 11.3 Å². The average Bonchev–Trinajstić information content (AvgIpc) is 2.68. The van der Waals surface area contributed by atoms with E-state index < -0.39 is 0 Å². The number of aryl methyl sites for hydroxylation is 3. The Bertz CT molecular complexity index is 599. The summed E-state index contributed by atoms with van der Waals surface area (Å²) in [7, 11) is 0. The molecule has 0 spiro atoms. The van der Waals surface area contributed by atoms with Crippen molar-refractivity contribution in [1.29, 1.82) is 0 Å². The second-order valence-corrected chi connectivity index (χ2v) is 5.67. The molecule has 1 aromatic heterocycles. The van der Waals surface area contributed by atoms with Crippen LogP contribution in [0.5, 0.6) is 0 Å². The van der Waals surface area contributed by atoms with Gasteiger partial charge in [0, 0.05) is 16.1 Å². The molecule has 1 aromatic carbocycles. The molecule has 19 heavy (non-hydrogen) atoms. The largest absolute Gasteiger partial charge is 0.399 e. The van der Waals surface area contributed by atoms with Crippen molar-refractivity contribution in [2.24, 2.45) is 0 Å². The van der Waals surface area contributed by atoms with Crippen LogP contribution in [0.4, 0.5) is 10.8 Å². The minimum atomic E-state index is -0.174. The predicted molar refractivity (Wildman–Crippen MR) is 79.8 cm³/mol. The van der Waals surface area contributed by atoms with Crippen molar-refractivity contribution in [3.8, 4) is 0 Å². The fourth-order valence-corrected chi connectivity index (χ4v) is 2.82. The van der Waals surface area contributed by atoms with Gasteiger partial charge in [-0.25, -0.2) is 4.98 Å². The van der Waals surface area contributed by atoms with Crippen molar-refractivity contribution >= 4 is 28.1 Å². The van der Waals surface area contributed by atoms with Crippen molar-refractivity contribution in [3.05, 3.63) is 39.9 Å². The standard InChI is InChI=1S/C14H17N3OS/c1-4-12-9(3)19-14(16-12)17-13(18)10-5-8(2)6-11(15)7-10/h5-7H,4,15H2,1-3H3,(H,16,17,18). The minimum Gasteiger partial charge on any atom is -0.399 e. The van der Waals surface area contributed by atoms with Gasteiger partial charge in [-0.1, -0.05) is 6.92 Å². The van der Waals surface area contributed by atoms with Crippen LogP contribution in [0.25, 0.3) is 0 Å². The third-order valence-corrected chi connectivity index (χ3v) is 3.74. The van der Waals surface area contributed by atoms with Crippen LogP contribution >= 0.6 is 11.3 Å². The number of benzene rings is 1. The Morgan fingerprint density at radius 1 is 1.37 bits per heavy atom. The van der Waals surface area contributed by atoms with Crippen LogP contribution in [-0.4, -0.2) is 10.9 Å². The van der Waals surface area contributed by atoms with Gasteiger partial charge in [-0.15, -0.1) is 11.3 Å².